The molecule has 1 N–H and O–H groups in total. The molecule has 1 aromatic rings. The third-order valence-electron chi connectivity index (χ3n) is 3.70. The first-order valence-electron chi connectivity index (χ1n) is 6.92. The number of nitrogens with zero attached hydrogens (tertiary/aromatic N) is 1. The lowest BCUT2D eigenvalue weighted by molar-refractivity contribution is -0.132. The van der Waals surface area contributed by atoms with E-state index in [0.717, 1.165) is 31.6 Å². The molecule has 0 aliphatic carbocycles. The highest BCUT2D eigenvalue weighted by molar-refractivity contribution is 6.31. The van der Waals surface area contributed by atoms with E-state index in [0.29, 0.717) is 16.7 Å². The number of ether oxygens (including phenoxy) is 1. The molecule has 1 aliphatic heterocycles. The Kier molecular flexibility index (Phi) is 5.26. The Labute approximate surface area is 125 Å². The van der Waals surface area contributed by atoms with Crippen LogP contribution in [0.25, 0.3) is 0 Å². The van der Waals surface area contributed by atoms with E-state index < -0.39 is 0 Å². The first-order chi connectivity index (χ1) is 9.61. The zero-order valence-electron chi connectivity index (χ0n) is 12.0. The zero-order valence-corrected chi connectivity index (χ0v) is 12.7. The summed E-state index contributed by atoms with van der Waals surface area (Å²) in [6, 6.07) is 5.48. The van der Waals surface area contributed by atoms with Crippen molar-refractivity contribution in [2.24, 2.45) is 5.92 Å². The van der Waals surface area contributed by atoms with Crippen LogP contribution in [0.15, 0.2) is 18.2 Å². The minimum atomic E-state index is 0.0444. The van der Waals surface area contributed by atoms with Gasteiger partial charge in [0.05, 0.1) is 0 Å². The highest BCUT2D eigenvalue weighted by Crippen LogP contribution is 2.25. The number of hydrogen-bond acceptors (Lipinski definition) is 3. The summed E-state index contributed by atoms with van der Waals surface area (Å²) in [7, 11) is 1.94. The van der Waals surface area contributed by atoms with Crippen molar-refractivity contribution in [3.05, 3.63) is 28.8 Å². The zero-order chi connectivity index (χ0) is 14.5. The van der Waals surface area contributed by atoms with Crippen LogP contribution < -0.4 is 10.1 Å². The molecule has 4 nitrogen and oxygen atoms in total. The number of carbonyl (C=O) groups is 1. The van der Waals surface area contributed by atoms with Gasteiger partial charge in [0.1, 0.15) is 5.75 Å². The Balaban J connectivity index is 1.85. The molecular weight excluding hydrogens is 276 g/mol. The van der Waals surface area contributed by atoms with Crippen LogP contribution in [-0.4, -0.2) is 44.1 Å². The van der Waals surface area contributed by atoms with Crippen molar-refractivity contribution in [3.8, 4) is 5.75 Å². The van der Waals surface area contributed by atoms with Gasteiger partial charge in [0, 0.05) is 23.7 Å². The smallest absolute Gasteiger partial charge is 0.260 e. The van der Waals surface area contributed by atoms with Gasteiger partial charge >= 0.3 is 0 Å². The second-order valence-electron chi connectivity index (χ2n) is 5.20. The molecule has 0 aromatic heterocycles. The summed E-state index contributed by atoms with van der Waals surface area (Å²) in [4.78, 5) is 14.0. The predicted octanol–water partition coefficient (Wildman–Crippen LogP) is 2.10. The fourth-order valence-electron chi connectivity index (χ4n) is 2.49. The van der Waals surface area contributed by atoms with Crippen LogP contribution in [0, 0.1) is 12.8 Å². The fourth-order valence-corrected chi connectivity index (χ4v) is 2.66. The third-order valence-corrected chi connectivity index (χ3v) is 4.11. The van der Waals surface area contributed by atoms with Crippen molar-refractivity contribution in [1.29, 1.82) is 0 Å². The average molecular weight is 297 g/mol. The Morgan fingerprint density at radius 2 is 2.35 bits per heavy atom. The fraction of sp³-hybridized carbons (Fsp3) is 0.533. The summed E-state index contributed by atoms with van der Waals surface area (Å²) >= 11 is 6.03. The van der Waals surface area contributed by atoms with Gasteiger partial charge in [-0.05, 0) is 45.0 Å². The number of benzene rings is 1. The number of hydrogen-bond donors (Lipinski definition) is 1. The number of rotatable bonds is 5. The molecule has 1 amide bonds. The van der Waals surface area contributed by atoms with E-state index in [1.807, 2.05) is 37.1 Å². The molecule has 0 bridgehead atoms. The molecular formula is C15H21ClN2O2. The Hall–Kier alpha value is -1.26. The molecule has 1 aromatic carbocycles. The van der Waals surface area contributed by atoms with Gasteiger partial charge in [-0.25, -0.2) is 0 Å². The van der Waals surface area contributed by atoms with Gasteiger partial charge in [0.15, 0.2) is 6.61 Å². The van der Waals surface area contributed by atoms with E-state index in [1.54, 1.807) is 0 Å². The monoisotopic (exact) mass is 296 g/mol. The maximum atomic E-state index is 12.1. The molecule has 0 saturated carbocycles. The van der Waals surface area contributed by atoms with Crippen molar-refractivity contribution in [3.63, 3.8) is 0 Å². The average Bonchev–Trinajstić information content (AvgIpc) is 2.89. The Bertz CT molecular complexity index is 479. The van der Waals surface area contributed by atoms with Crippen LogP contribution in [0.1, 0.15) is 12.0 Å². The van der Waals surface area contributed by atoms with Gasteiger partial charge in [-0.15, -0.1) is 0 Å². The standard InChI is InChI=1S/C15H21ClN2O2/c1-11-13(16)4-3-5-14(11)20-10-15(19)18-7-6-12(9-18)8-17-2/h3-5,12,17H,6-10H2,1-2H3. The van der Waals surface area contributed by atoms with Crippen molar-refractivity contribution in [2.45, 2.75) is 13.3 Å². The summed E-state index contributed by atoms with van der Waals surface area (Å²) in [6.45, 7) is 4.56. The highest BCUT2D eigenvalue weighted by Gasteiger charge is 2.25. The molecule has 1 unspecified atom stereocenters. The van der Waals surface area contributed by atoms with E-state index in [-0.39, 0.29) is 12.5 Å². The molecule has 0 radical (unpaired) electrons. The lowest BCUT2D eigenvalue weighted by Gasteiger charge is -2.17. The first-order valence-corrected chi connectivity index (χ1v) is 7.30. The van der Waals surface area contributed by atoms with E-state index >= 15 is 0 Å². The molecule has 20 heavy (non-hydrogen) atoms. The minimum Gasteiger partial charge on any atom is -0.483 e. The van der Waals surface area contributed by atoms with Gasteiger partial charge in [0.25, 0.3) is 5.91 Å². The van der Waals surface area contributed by atoms with E-state index in [1.165, 1.54) is 0 Å². The van der Waals surface area contributed by atoms with Crippen LogP contribution in [0.4, 0.5) is 0 Å². The molecule has 5 heteroatoms. The van der Waals surface area contributed by atoms with E-state index in [4.69, 9.17) is 16.3 Å². The van der Waals surface area contributed by atoms with Crippen LogP contribution >= 0.6 is 11.6 Å². The van der Waals surface area contributed by atoms with Crippen LogP contribution in [0.5, 0.6) is 5.75 Å². The quantitative estimate of drug-likeness (QED) is 0.905. The van der Waals surface area contributed by atoms with E-state index in [9.17, 15) is 4.79 Å². The number of likely N-dealkylation sites (tertiary alicyclic amines) is 1. The molecule has 1 heterocycles. The van der Waals surface area contributed by atoms with Crippen LogP contribution in [0.2, 0.25) is 5.02 Å². The molecule has 1 aliphatic rings. The van der Waals surface area contributed by atoms with Crippen molar-refractivity contribution in [1.82, 2.24) is 10.2 Å². The number of halogens is 1. The number of amides is 1. The SMILES string of the molecule is CNCC1CCN(C(=O)COc2cccc(Cl)c2C)C1. The predicted molar refractivity (Wildman–Crippen MR) is 80.3 cm³/mol. The first kappa shape index (κ1) is 15.1. The summed E-state index contributed by atoms with van der Waals surface area (Å²) in [5, 5.41) is 3.81. The largest absolute Gasteiger partial charge is 0.483 e. The van der Waals surface area contributed by atoms with Crippen LogP contribution in [-0.2, 0) is 4.79 Å². The van der Waals surface area contributed by atoms with Crippen molar-refractivity contribution >= 4 is 17.5 Å². The Morgan fingerprint density at radius 3 is 3.10 bits per heavy atom. The molecule has 2 rings (SSSR count). The molecule has 1 atom stereocenters. The minimum absolute atomic E-state index is 0.0444. The highest BCUT2D eigenvalue weighted by atomic mass is 35.5. The summed E-state index contributed by atoms with van der Waals surface area (Å²) in [6.07, 6.45) is 1.06. The lowest BCUT2D eigenvalue weighted by Crippen LogP contribution is -2.34. The van der Waals surface area contributed by atoms with Gasteiger partial charge < -0.3 is 15.0 Å². The maximum absolute atomic E-state index is 12.1. The van der Waals surface area contributed by atoms with Gasteiger partial charge in [-0.2, -0.15) is 0 Å². The summed E-state index contributed by atoms with van der Waals surface area (Å²) in [5.74, 6) is 1.27. The van der Waals surface area contributed by atoms with Crippen LogP contribution in [0.3, 0.4) is 0 Å². The second-order valence-corrected chi connectivity index (χ2v) is 5.61. The van der Waals surface area contributed by atoms with Crippen molar-refractivity contribution in [2.75, 3.05) is 33.3 Å². The molecule has 1 fully saturated rings. The van der Waals surface area contributed by atoms with Gasteiger partial charge in [-0.1, -0.05) is 17.7 Å². The molecule has 110 valence electrons. The molecule has 0 spiro atoms. The summed E-state index contributed by atoms with van der Waals surface area (Å²) in [5.41, 5.74) is 0.872. The summed E-state index contributed by atoms with van der Waals surface area (Å²) < 4.78 is 5.60. The third kappa shape index (κ3) is 3.64. The lowest BCUT2D eigenvalue weighted by atomic mass is 10.1. The van der Waals surface area contributed by atoms with Gasteiger partial charge in [0.2, 0.25) is 0 Å². The van der Waals surface area contributed by atoms with Crippen molar-refractivity contribution < 1.29 is 9.53 Å². The normalized spacial score (nSPS) is 18.4. The number of nitrogens with one attached hydrogen (secondary N) is 1. The van der Waals surface area contributed by atoms with E-state index in [2.05, 4.69) is 5.32 Å². The van der Waals surface area contributed by atoms with Gasteiger partial charge in [-0.3, -0.25) is 4.79 Å². The Morgan fingerprint density at radius 1 is 1.55 bits per heavy atom. The topological polar surface area (TPSA) is 41.6 Å². The maximum Gasteiger partial charge on any atom is 0.260 e. The molecule has 1 saturated heterocycles. The second kappa shape index (κ2) is 6.95. The number of carbonyl (C=O) groups excluding carboxylic acids is 1.